The van der Waals surface area contributed by atoms with Gasteiger partial charge in [0, 0.05) is 12.3 Å². The lowest BCUT2D eigenvalue weighted by atomic mass is 9.54. The molecule has 4 aliphatic rings. The van der Waals surface area contributed by atoms with E-state index in [-0.39, 0.29) is 17.0 Å². The van der Waals surface area contributed by atoms with Crippen LogP contribution in [-0.2, 0) is 14.4 Å². The molecule has 2 unspecified atom stereocenters. The van der Waals surface area contributed by atoms with E-state index in [1.165, 1.54) is 12.5 Å². The lowest BCUT2D eigenvalue weighted by Crippen LogP contribution is -2.51. The highest BCUT2D eigenvalue weighted by molar-refractivity contribution is 5.97. The molecule has 4 rings (SSSR count). The zero-order chi connectivity index (χ0) is 22.4. The second-order valence-electron chi connectivity index (χ2n) is 11.1. The van der Waals surface area contributed by atoms with Crippen LogP contribution in [0.25, 0.3) is 0 Å². The van der Waals surface area contributed by atoms with E-state index in [2.05, 4.69) is 24.2 Å². The van der Waals surface area contributed by atoms with Crippen molar-refractivity contribution in [2.24, 2.45) is 22.4 Å². The molecule has 0 N–H and O–H groups in total. The highest BCUT2D eigenvalue weighted by atomic mass is 16.6. The molecular weight excluding hydrogens is 388 g/mol. The number of carbonyl (C=O) groups is 1. The van der Waals surface area contributed by atoms with Crippen LogP contribution in [0.1, 0.15) is 92.4 Å². The number of nitriles is 1. The quantitative estimate of drug-likeness (QED) is 0.411. The molecule has 4 aliphatic carbocycles. The average molecular weight is 425 g/mol. The number of fused-ring (bicyclic) bond motifs is 4. The number of oxime groups is 1. The lowest BCUT2D eigenvalue weighted by Gasteiger charge is -2.52. The Morgan fingerprint density at radius 1 is 1.23 bits per heavy atom. The van der Waals surface area contributed by atoms with E-state index in [0.717, 1.165) is 57.1 Å². The Balaban J connectivity index is 1.62. The molecule has 168 valence electrons. The fourth-order valence-corrected chi connectivity index (χ4v) is 6.80. The largest absolute Gasteiger partial charge is 0.458 e. The number of allylic oxidation sites excluding steroid dienone is 4. The number of ether oxygens (including phenoxy) is 1. The number of nitrogens with zero attached hydrogens (tertiary/aromatic N) is 2. The third-order valence-electron chi connectivity index (χ3n) is 8.18. The van der Waals surface area contributed by atoms with E-state index < -0.39 is 5.60 Å². The fraction of sp³-hybridized carbons (Fsp3) is 0.731. The van der Waals surface area contributed by atoms with E-state index in [4.69, 9.17) is 9.57 Å². The summed E-state index contributed by atoms with van der Waals surface area (Å²) in [4.78, 5) is 17.6. The van der Waals surface area contributed by atoms with Gasteiger partial charge in [0.05, 0.1) is 18.2 Å². The standard InChI is InChI=1S/C26H36N2O3/c1-17(29)30-26(14-15-27)13-11-23-22-8-6-18-16-19(28-31-24(2,3)4)7-9-20(18)21(22)10-12-25(23,26)5/h16,22-23H,6-14H2,1-5H3/t22?,23?,25-,26+/m0/s1. The second-order valence-corrected chi connectivity index (χ2v) is 11.1. The first kappa shape index (κ1) is 22.1. The highest BCUT2D eigenvalue weighted by Gasteiger charge is 2.63. The zero-order valence-electron chi connectivity index (χ0n) is 19.7. The van der Waals surface area contributed by atoms with E-state index in [0.29, 0.717) is 18.3 Å². The van der Waals surface area contributed by atoms with Crippen molar-refractivity contribution in [2.75, 3.05) is 0 Å². The third kappa shape index (κ3) is 3.83. The van der Waals surface area contributed by atoms with Crippen LogP contribution in [0.2, 0.25) is 0 Å². The Hall–Kier alpha value is -2.09. The normalized spacial score (nSPS) is 36.1. The van der Waals surface area contributed by atoms with Gasteiger partial charge in [0.1, 0.15) is 11.2 Å². The molecule has 0 aromatic heterocycles. The maximum atomic E-state index is 11.9. The Morgan fingerprint density at radius 2 is 2.00 bits per heavy atom. The number of hydrogen-bond acceptors (Lipinski definition) is 5. The van der Waals surface area contributed by atoms with Crippen LogP contribution in [-0.4, -0.2) is 22.9 Å². The summed E-state index contributed by atoms with van der Waals surface area (Å²) >= 11 is 0. The molecule has 5 nitrogen and oxygen atoms in total. The number of esters is 1. The number of carbonyl (C=O) groups excluding carboxylic acids is 1. The predicted molar refractivity (Wildman–Crippen MR) is 120 cm³/mol. The van der Waals surface area contributed by atoms with Gasteiger partial charge >= 0.3 is 5.97 Å². The molecule has 0 aromatic rings. The monoisotopic (exact) mass is 424 g/mol. The van der Waals surface area contributed by atoms with Crippen molar-refractivity contribution in [3.8, 4) is 6.07 Å². The molecule has 5 heteroatoms. The van der Waals surface area contributed by atoms with Gasteiger partial charge in [-0.25, -0.2) is 0 Å². The molecule has 2 fully saturated rings. The lowest BCUT2D eigenvalue weighted by molar-refractivity contribution is -0.174. The summed E-state index contributed by atoms with van der Waals surface area (Å²) in [6.45, 7) is 9.83. The van der Waals surface area contributed by atoms with Gasteiger partial charge in [-0.1, -0.05) is 17.7 Å². The maximum Gasteiger partial charge on any atom is 0.303 e. The highest BCUT2D eigenvalue weighted by Crippen LogP contribution is 2.65. The summed E-state index contributed by atoms with van der Waals surface area (Å²) in [6, 6.07) is 2.34. The van der Waals surface area contributed by atoms with Crippen LogP contribution in [0.4, 0.5) is 0 Å². The smallest absolute Gasteiger partial charge is 0.303 e. The van der Waals surface area contributed by atoms with Crippen molar-refractivity contribution in [3.05, 3.63) is 22.8 Å². The molecule has 0 saturated heterocycles. The van der Waals surface area contributed by atoms with E-state index >= 15 is 0 Å². The van der Waals surface area contributed by atoms with Crippen LogP contribution in [0.5, 0.6) is 0 Å². The van der Waals surface area contributed by atoms with Crippen molar-refractivity contribution < 1.29 is 14.4 Å². The zero-order valence-corrected chi connectivity index (χ0v) is 19.7. The van der Waals surface area contributed by atoms with Crippen molar-refractivity contribution in [1.82, 2.24) is 0 Å². The molecule has 0 radical (unpaired) electrons. The summed E-state index contributed by atoms with van der Waals surface area (Å²) in [5, 5.41) is 14.0. The van der Waals surface area contributed by atoms with E-state index in [1.54, 1.807) is 11.1 Å². The van der Waals surface area contributed by atoms with Crippen molar-refractivity contribution in [2.45, 2.75) is 104 Å². The van der Waals surface area contributed by atoms with Crippen LogP contribution in [0.3, 0.4) is 0 Å². The van der Waals surface area contributed by atoms with Gasteiger partial charge in [0.15, 0.2) is 0 Å². The van der Waals surface area contributed by atoms with Crippen LogP contribution < -0.4 is 0 Å². The summed E-state index contributed by atoms with van der Waals surface area (Å²) in [5.41, 5.74) is 4.67. The number of rotatable bonds is 3. The van der Waals surface area contributed by atoms with Gasteiger partial charge < -0.3 is 9.57 Å². The van der Waals surface area contributed by atoms with Crippen LogP contribution in [0, 0.1) is 28.6 Å². The minimum Gasteiger partial charge on any atom is -0.458 e. The van der Waals surface area contributed by atoms with Crippen molar-refractivity contribution >= 4 is 11.7 Å². The summed E-state index contributed by atoms with van der Waals surface area (Å²) in [7, 11) is 0. The van der Waals surface area contributed by atoms with Crippen molar-refractivity contribution in [1.29, 1.82) is 5.26 Å². The van der Waals surface area contributed by atoms with Crippen LogP contribution >= 0.6 is 0 Å². The molecule has 31 heavy (non-hydrogen) atoms. The van der Waals surface area contributed by atoms with Gasteiger partial charge in [-0.05, 0) is 101 Å². The summed E-state index contributed by atoms with van der Waals surface area (Å²) < 4.78 is 5.95. The molecule has 0 spiro atoms. The molecule has 4 atom stereocenters. The van der Waals surface area contributed by atoms with Crippen molar-refractivity contribution in [3.63, 3.8) is 0 Å². The van der Waals surface area contributed by atoms with Gasteiger partial charge in [0.2, 0.25) is 0 Å². The van der Waals surface area contributed by atoms with Crippen LogP contribution in [0.15, 0.2) is 28.0 Å². The second kappa shape index (κ2) is 7.80. The molecule has 0 bridgehead atoms. The minimum atomic E-state index is -0.624. The Kier molecular flexibility index (Phi) is 5.56. The SMILES string of the molecule is CC(=O)O[C@@]1(CC#N)CCC2C3CCC4=CC(=NOC(C)(C)C)CCC4=C3CC[C@@]21C. The van der Waals surface area contributed by atoms with E-state index in [9.17, 15) is 10.1 Å². The molecule has 0 aliphatic heterocycles. The van der Waals surface area contributed by atoms with Gasteiger partial charge in [0.25, 0.3) is 0 Å². The fourth-order valence-electron chi connectivity index (χ4n) is 6.80. The first-order chi connectivity index (χ1) is 14.6. The summed E-state index contributed by atoms with van der Waals surface area (Å²) in [6.07, 6.45) is 10.6. The van der Waals surface area contributed by atoms with Gasteiger partial charge in [-0.3, -0.25) is 4.79 Å². The molecule has 0 heterocycles. The molecule has 0 aromatic carbocycles. The first-order valence-electron chi connectivity index (χ1n) is 11.8. The van der Waals surface area contributed by atoms with Gasteiger partial charge in [-0.15, -0.1) is 0 Å². The number of hydrogen-bond donors (Lipinski definition) is 0. The predicted octanol–water partition coefficient (Wildman–Crippen LogP) is 6.01. The molecule has 2 saturated carbocycles. The Morgan fingerprint density at radius 3 is 2.68 bits per heavy atom. The third-order valence-corrected chi connectivity index (χ3v) is 8.18. The molecule has 0 amide bonds. The first-order valence-corrected chi connectivity index (χ1v) is 11.8. The Labute approximate surface area is 186 Å². The topological polar surface area (TPSA) is 71.7 Å². The van der Waals surface area contributed by atoms with E-state index in [1.807, 2.05) is 20.8 Å². The summed E-state index contributed by atoms with van der Waals surface area (Å²) in [5.74, 6) is 0.773. The Bertz CT molecular complexity index is 901. The van der Waals surface area contributed by atoms with Gasteiger partial charge in [-0.2, -0.15) is 5.26 Å². The molecular formula is C26H36N2O3. The maximum absolute atomic E-state index is 11.9. The average Bonchev–Trinajstić information content (AvgIpc) is 2.97. The minimum absolute atomic E-state index is 0.119.